The van der Waals surface area contributed by atoms with Crippen LogP contribution in [0.15, 0.2) is 42.5 Å². The molecule has 1 aliphatic heterocycles. The minimum Gasteiger partial charge on any atom is -0.487 e. The fourth-order valence-electron chi connectivity index (χ4n) is 2.57. The van der Waals surface area contributed by atoms with E-state index < -0.39 is 0 Å². The Balaban J connectivity index is 1.91. The molecule has 0 saturated carbocycles. The molecule has 4 heteroatoms. The minimum absolute atomic E-state index is 0.0327. The van der Waals surface area contributed by atoms with Crippen molar-refractivity contribution in [3.05, 3.63) is 53.8 Å². The predicted molar refractivity (Wildman–Crippen MR) is 78.4 cm³/mol. The van der Waals surface area contributed by atoms with Crippen molar-refractivity contribution in [1.82, 2.24) is 0 Å². The Morgan fingerprint density at radius 3 is 2.95 bits per heavy atom. The van der Waals surface area contributed by atoms with Crippen LogP contribution in [0.1, 0.15) is 12.5 Å². The number of anilines is 2. The van der Waals surface area contributed by atoms with Gasteiger partial charge in [-0.15, -0.1) is 0 Å². The van der Waals surface area contributed by atoms with Crippen LogP contribution in [0.25, 0.3) is 0 Å². The number of fused-ring (bicyclic) bond motifs is 1. The summed E-state index contributed by atoms with van der Waals surface area (Å²) in [6.45, 7) is 3.49. The number of nitrogen functional groups attached to an aromatic ring is 1. The molecule has 1 aliphatic rings. The van der Waals surface area contributed by atoms with Crippen LogP contribution in [0, 0.1) is 5.82 Å². The average Bonchev–Trinajstić information content (AvgIpc) is 2.37. The van der Waals surface area contributed by atoms with E-state index >= 15 is 0 Å². The van der Waals surface area contributed by atoms with Gasteiger partial charge in [-0.2, -0.15) is 0 Å². The van der Waals surface area contributed by atoms with Crippen molar-refractivity contribution in [1.29, 1.82) is 0 Å². The molecule has 104 valence electrons. The fraction of sp³-hybridized carbons (Fsp3) is 0.250. The lowest BCUT2D eigenvalue weighted by Crippen LogP contribution is -2.38. The summed E-state index contributed by atoms with van der Waals surface area (Å²) in [4.78, 5) is 2.19. The van der Waals surface area contributed by atoms with E-state index in [-0.39, 0.29) is 11.9 Å². The molecule has 0 saturated heterocycles. The van der Waals surface area contributed by atoms with Gasteiger partial charge in [0.25, 0.3) is 0 Å². The zero-order chi connectivity index (χ0) is 14.1. The summed E-state index contributed by atoms with van der Waals surface area (Å²) in [7, 11) is 0. The van der Waals surface area contributed by atoms with E-state index in [9.17, 15) is 4.39 Å². The molecule has 2 aromatic carbocycles. The van der Waals surface area contributed by atoms with E-state index in [0.717, 1.165) is 30.0 Å². The van der Waals surface area contributed by atoms with E-state index in [0.29, 0.717) is 5.75 Å². The molecule has 2 aromatic rings. The number of hydrogen-bond donors (Lipinski definition) is 1. The van der Waals surface area contributed by atoms with Crippen molar-refractivity contribution in [2.75, 3.05) is 17.2 Å². The van der Waals surface area contributed by atoms with Gasteiger partial charge in [-0.1, -0.05) is 12.1 Å². The van der Waals surface area contributed by atoms with Crippen LogP contribution in [0.5, 0.6) is 5.75 Å². The maximum Gasteiger partial charge on any atom is 0.146 e. The maximum absolute atomic E-state index is 13.3. The Bertz CT molecular complexity index is 630. The summed E-state index contributed by atoms with van der Waals surface area (Å²) in [5, 5.41) is 0. The van der Waals surface area contributed by atoms with Gasteiger partial charge in [-0.25, -0.2) is 4.39 Å². The van der Waals surface area contributed by atoms with Crippen molar-refractivity contribution in [2.45, 2.75) is 19.6 Å². The normalized spacial score (nSPS) is 17.5. The number of nitrogens with two attached hydrogens (primary N) is 1. The summed E-state index contributed by atoms with van der Waals surface area (Å²) >= 11 is 0. The summed E-state index contributed by atoms with van der Waals surface area (Å²) in [5.41, 5.74) is 8.62. The Hall–Kier alpha value is -2.23. The Morgan fingerprint density at radius 2 is 2.15 bits per heavy atom. The molecule has 0 aliphatic carbocycles. The van der Waals surface area contributed by atoms with Gasteiger partial charge in [-0.3, -0.25) is 0 Å². The molecular formula is C16H17FN2O. The lowest BCUT2D eigenvalue weighted by molar-refractivity contribution is 0.211. The second-order valence-electron chi connectivity index (χ2n) is 5.17. The van der Waals surface area contributed by atoms with Gasteiger partial charge in [-0.05, 0) is 36.8 Å². The van der Waals surface area contributed by atoms with Gasteiger partial charge >= 0.3 is 0 Å². The highest BCUT2D eigenvalue weighted by Gasteiger charge is 2.23. The van der Waals surface area contributed by atoms with Crippen LogP contribution in [0.3, 0.4) is 0 Å². The summed E-state index contributed by atoms with van der Waals surface area (Å²) in [5.74, 6) is 0.328. The summed E-state index contributed by atoms with van der Waals surface area (Å²) < 4.78 is 19.0. The van der Waals surface area contributed by atoms with Gasteiger partial charge < -0.3 is 15.4 Å². The first-order valence-corrected chi connectivity index (χ1v) is 6.67. The van der Waals surface area contributed by atoms with Crippen LogP contribution >= 0.6 is 0 Å². The third-order valence-corrected chi connectivity index (χ3v) is 3.39. The first kappa shape index (κ1) is 12.8. The average molecular weight is 272 g/mol. The molecule has 1 atom stereocenters. The number of hydrogen-bond acceptors (Lipinski definition) is 3. The molecule has 1 heterocycles. The molecule has 1 unspecified atom stereocenters. The van der Waals surface area contributed by atoms with E-state index in [1.54, 1.807) is 6.07 Å². The smallest absolute Gasteiger partial charge is 0.146 e. The van der Waals surface area contributed by atoms with Gasteiger partial charge in [0, 0.05) is 18.3 Å². The molecular weight excluding hydrogens is 255 g/mol. The lowest BCUT2D eigenvalue weighted by Gasteiger charge is -2.35. The second kappa shape index (κ2) is 5.04. The van der Waals surface area contributed by atoms with Gasteiger partial charge in [0.15, 0.2) is 0 Å². The first-order valence-electron chi connectivity index (χ1n) is 6.67. The second-order valence-corrected chi connectivity index (χ2v) is 5.17. The van der Waals surface area contributed by atoms with E-state index in [1.165, 1.54) is 12.1 Å². The van der Waals surface area contributed by atoms with E-state index in [1.807, 2.05) is 31.2 Å². The molecule has 0 radical (unpaired) electrons. The molecule has 2 N–H and O–H groups in total. The van der Waals surface area contributed by atoms with Gasteiger partial charge in [0.2, 0.25) is 0 Å². The zero-order valence-corrected chi connectivity index (χ0v) is 11.3. The maximum atomic E-state index is 13.3. The zero-order valence-electron chi connectivity index (χ0n) is 11.3. The third-order valence-electron chi connectivity index (χ3n) is 3.39. The number of ether oxygens (including phenoxy) is 1. The monoisotopic (exact) mass is 272 g/mol. The van der Waals surface area contributed by atoms with Gasteiger partial charge in [0.05, 0.1) is 12.2 Å². The van der Waals surface area contributed by atoms with Crippen LogP contribution in [0.4, 0.5) is 15.8 Å². The fourth-order valence-corrected chi connectivity index (χ4v) is 2.57. The number of rotatable bonds is 2. The van der Waals surface area contributed by atoms with Crippen molar-refractivity contribution < 1.29 is 9.13 Å². The first-order chi connectivity index (χ1) is 9.61. The minimum atomic E-state index is -0.276. The van der Waals surface area contributed by atoms with Crippen LogP contribution in [0.2, 0.25) is 0 Å². The predicted octanol–water partition coefficient (Wildman–Crippen LogP) is 3.20. The standard InChI is InChI=1S/C16H17FN2O/c1-11-9-19(10-12-3-2-4-14(18)7-12)15-6-5-13(17)8-16(15)20-11/h2-8,11H,9-10,18H2,1H3. The Morgan fingerprint density at radius 1 is 1.30 bits per heavy atom. The highest BCUT2D eigenvalue weighted by Crippen LogP contribution is 2.34. The molecule has 0 bridgehead atoms. The lowest BCUT2D eigenvalue weighted by atomic mass is 10.1. The topological polar surface area (TPSA) is 38.5 Å². The highest BCUT2D eigenvalue weighted by molar-refractivity contribution is 5.60. The molecule has 0 amide bonds. The quantitative estimate of drug-likeness (QED) is 0.853. The molecule has 3 rings (SSSR count). The molecule has 0 aromatic heterocycles. The molecule has 0 spiro atoms. The van der Waals surface area contributed by atoms with Crippen molar-refractivity contribution >= 4 is 11.4 Å². The summed E-state index contributed by atoms with van der Waals surface area (Å²) in [6, 6.07) is 12.5. The molecule has 0 fully saturated rings. The molecule has 3 nitrogen and oxygen atoms in total. The highest BCUT2D eigenvalue weighted by atomic mass is 19.1. The number of nitrogens with zero attached hydrogens (tertiary/aromatic N) is 1. The van der Waals surface area contributed by atoms with Crippen molar-refractivity contribution in [3.8, 4) is 5.75 Å². The molecule has 20 heavy (non-hydrogen) atoms. The van der Waals surface area contributed by atoms with Crippen LogP contribution in [-0.4, -0.2) is 12.6 Å². The summed E-state index contributed by atoms with van der Waals surface area (Å²) in [6.07, 6.45) is 0.0327. The van der Waals surface area contributed by atoms with Crippen molar-refractivity contribution in [3.63, 3.8) is 0 Å². The Labute approximate surface area is 117 Å². The third kappa shape index (κ3) is 2.54. The Kier molecular flexibility index (Phi) is 3.22. The number of benzene rings is 2. The van der Waals surface area contributed by atoms with Crippen LogP contribution in [-0.2, 0) is 6.54 Å². The SMILES string of the molecule is CC1CN(Cc2cccc(N)c2)c2ccc(F)cc2O1. The number of halogens is 1. The van der Waals surface area contributed by atoms with E-state index in [4.69, 9.17) is 10.5 Å². The van der Waals surface area contributed by atoms with Gasteiger partial charge in [0.1, 0.15) is 17.7 Å². The van der Waals surface area contributed by atoms with E-state index in [2.05, 4.69) is 4.90 Å². The van der Waals surface area contributed by atoms with Crippen molar-refractivity contribution in [2.24, 2.45) is 0 Å². The van der Waals surface area contributed by atoms with Crippen LogP contribution < -0.4 is 15.4 Å². The largest absolute Gasteiger partial charge is 0.487 e.